The minimum Gasteiger partial charge on any atom is -0.273 e. The third-order valence-electron chi connectivity index (χ3n) is 3.69. The number of benzene rings is 2. The van der Waals surface area contributed by atoms with E-state index < -0.39 is 34.3 Å². The maximum Gasteiger partial charge on any atom is 0.342 e. The topological polar surface area (TPSA) is 118 Å². The van der Waals surface area contributed by atoms with E-state index in [1.165, 1.54) is 48.5 Å². The van der Waals surface area contributed by atoms with Crippen molar-refractivity contribution in [1.82, 2.24) is 0 Å². The zero-order valence-corrected chi connectivity index (χ0v) is 14.7. The number of nitrogens with two attached hydrogens (primary N) is 1. The maximum absolute atomic E-state index is 12.7. The first-order valence-corrected chi connectivity index (χ1v) is 9.19. The number of amides is 4. The van der Waals surface area contributed by atoms with Gasteiger partial charge in [0.25, 0.3) is 0 Å². The van der Waals surface area contributed by atoms with Crippen molar-refractivity contribution in [2.24, 2.45) is 5.14 Å². The van der Waals surface area contributed by atoms with Crippen LogP contribution in [0.25, 0.3) is 0 Å². The number of rotatable bonds is 3. The van der Waals surface area contributed by atoms with Gasteiger partial charge in [-0.2, -0.15) is 0 Å². The highest BCUT2D eigenvalue weighted by atomic mass is 35.5. The highest BCUT2D eigenvalue weighted by Crippen LogP contribution is 2.27. The van der Waals surface area contributed by atoms with Gasteiger partial charge in [0.15, 0.2) is 0 Å². The van der Waals surface area contributed by atoms with Crippen molar-refractivity contribution in [3.63, 3.8) is 0 Å². The number of carbonyl (C=O) groups is 3. The van der Waals surface area contributed by atoms with Crippen LogP contribution >= 0.6 is 11.6 Å². The molecule has 8 nitrogen and oxygen atoms in total. The highest BCUT2D eigenvalue weighted by Gasteiger charge is 2.39. The van der Waals surface area contributed by atoms with Crippen molar-refractivity contribution in [3.8, 4) is 0 Å². The zero-order valence-electron chi connectivity index (χ0n) is 13.1. The summed E-state index contributed by atoms with van der Waals surface area (Å²) in [5.41, 5.74) is 0.391. The monoisotopic (exact) mass is 393 g/mol. The lowest BCUT2D eigenvalue weighted by Gasteiger charge is -2.32. The average molecular weight is 394 g/mol. The van der Waals surface area contributed by atoms with Crippen LogP contribution in [0.5, 0.6) is 0 Å². The van der Waals surface area contributed by atoms with E-state index in [-0.39, 0.29) is 16.3 Å². The third-order valence-corrected chi connectivity index (χ3v) is 4.87. The molecule has 0 unspecified atom stereocenters. The zero-order chi connectivity index (χ0) is 19.1. The second-order valence-electron chi connectivity index (χ2n) is 5.43. The summed E-state index contributed by atoms with van der Waals surface area (Å²) in [5.74, 6) is -1.38. The van der Waals surface area contributed by atoms with Crippen molar-refractivity contribution in [1.29, 1.82) is 0 Å². The highest BCUT2D eigenvalue weighted by molar-refractivity contribution is 7.89. The van der Waals surface area contributed by atoms with Gasteiger partial charge in [0.05, 0.1) is 16.3 Å². The molecule has 2 aromatic carbocycles. The molecule has 1 saturated heterocycles. The molecule has 0 saturated carbocycles. The molecular formula is C16H12ClN3O5S. The van der Waals surface area contributed by atoms with Crippen LogP contribution in [0, 0.1) is 0 Å². The predicted molar refractivity (Wildman–Crippen MR) is 94.3 cm³/mol. The third kappa shape index (κ3) is 3.32. The molecule has 0 bridgehead atoms. The quantitative estimate of drug-likeness (QED) is 0.798. The Labute approximate surface area is 153 Å². The number of hydrogen-bond donors (Lipinski definition) is 1. The van der Waals surface area contributed by atoms with E-state index in [0.717, 1.165) is 9.80 Å². The molecule has 1 heterocycles. The number of nitrogens with zero attached hydrogens (tertiary/aromatic N) is 2. The lowest BCUT2D eigenvalue weighted by molar-refractivity contribution is -0.126. The Morgan fingerprint density at radius 2 is 1.23 bits per heavy atom. The van der Waals surface area contributed by atoms with Crippen molar-refractivity contribution in [2.75, 3.05) is 9.80 Å². The summed E-state index contributed by atoms with van der Waals surface area (Å²) >= 11 is 5.81. The van der Waals surface area contributed by atoms with E-state index in [1.54, 1.807) is 0 Å². The summed E-state index contributed by atoms with van der Waals surface area (Å²) in [6.45, 7) is 0. The second-order valence-corrected chi connectivity index (χ2v) is 7.43. The molecule has 0 radical (unpaired) electrons. The van der Waals surface area contributed by atoms with Crippen LogP contribution in [0.15, 0.2) is 53.4 Å². The van der Waals surface area contributed by atoms with Gasteiger partial charge in [-0.25, -0.2) is 28.2 Å². The van der Waals surface area contributed by atoms with Gasteiger partial charge in [-0.1, -0.05) is 11.6 Å². The molecule has 3 rings (SSSR count). The molecule has 26 heavy (non-hydrogen) atoms. The number of anilines is 2. The van der Waals surface area contributed by atoms with Crippen LogP contribution < -0.4 is 14.9 Å². The average Bonchev–Trinajstić information content (AvgIpc) is 2.56. The Balaban J connectivity index is 1.99. The molecule has 1 aliphatic heterocycles. The number of imide groups is 2. The van der Waals surface area contributed by atoms with Gasteiger partial charge in [0.1, 0.15) is 6.42 Å². The number of sulfonamides is 1. The van der Waals surface area contributed by atoms with E-state index in [9.17, 15) is 22.8 Å². The summed E-state index contributed by atoms with van der Waals surface area (Å²) in [4.78, 5) is 38.7. The van der Waals surface area contributed by atoms with Crippen molar-refractivity contribution in [3.05, 3.63) is 53.6 Å². The Kier molecular flexibility index (Phi) is 4.53. The van der Waals surface area contributed by atoms with E-state index in [4.69, 9.17) is 16.7 Å². The molecule has 134 valence electrons. The summed E-state index contributed by atoms with van der Waals surface area (Å²) in [7, 11) is -3.91. The largest absolute Gasteiger partial charge is 0.342 e. The lowest BCUT2D eigenvalue weighted by atomic mass is 10.2. The van der Waals surface area contributed by atoms with Gasteiger partial charge in [0.2, 0.25) is 21.8 Å². The SMILES string of the molecule is NS(=O)(=O)c1ccc(N2C(=O)CC(=O)N(c3ccc(Cl)cc3)C2=O)cc1. The smallest absolute Gasteiger partial charge is 0.273 e. The van der Waals surface area contributed by atoms with Gasteiger partial charge < -0.3 is 0 Å². The first-order valence-electron chi connectivity index (χ1n) is 7.27. The predicted octanol–water partition coefficient (Wildman–Crippen LogP) is 1.88. The van der Waals surface area contributed by atoms with Crippen molar-refractivity contribution < 1.29 is 22.8 Å². The number of carbonyl (C=O) groups excluding carboxylic acids is 3. The number of urea groups is 1. The molecular weight excluding hydrogens is 382 g/mol. The van der Waals surface area contributed by atoms with E-state index >= 15 is 0 Å². The minimum atomic E-state index is -3.91. The number of primary sulfonamides is 1. The molecule has 2 N–H and O–H groups in total. The number of halogens is 1. The second kappa shape index (κ2) is 6.52. The standard InChI is InChI=1S/C16H12ClN3O5S/c17-10-1-3-11(4-2-10)19-14(21)9-15(22)20(16(19)23)12-5-7-13(8-6-12)26(18,24)25/h1-8H,9H2,(H2,18,24,25). The van der Waals surface area contributed by atoms with Gasteiger partial charge in [-0.05, 0) is 48.5 Å². The lowest BCUT2D eigenvalue weighted by Crippen LogP contribution is -2.55. The van der Waals surface area contributed by atoms with Crippen LogP contribution in [0.3, 0.4) is 0 Å². The molecule has 1 aliphatic rings. The molecule has 0 aliphatic carbocycles. The fraction of sp³-hybridized carbons (Fsp3) is 0.0625. The molecule has 10 heteroatoms. The van der Waals surface area contributed by atoms with Gasteiger partial charge >= 0.3 is 6.03 Å². The molecule has 0 atom stereocenters. The van der Waals surface area contributed by atoms with E-state index in [0.29, 0.717) is 5.02 Å². The first kappa shape index (κ1) is 18.1. The fourth-order valence-corrected chi connectivity index (χ4v) is 3.13. The van der Waals surface area contributed by atoms with E-state index in [2.05, 4.69) is 0 Å². The molecule has 2 aromatic rings. The number of barbiturate groups is 1. The molecule has 1 fully saturated rings. The van der Waals surface area contributed by atoms with Gasteiger partial charge in [-0.15, -0.1) is 0 Å². The first-order chi connectivity index (χ1) is 12.2. The van der Waals surface area contributed by atoms with Crippen LogP contribution in [0.2, 0.25) is 5.02 Å². The Morgan fingerprint density at radius 1 is 0.808 bits per heavy atom. The number of hydrogen-bond acceptors (Lipinski definition) is 5. The molecule has 0 aromatic heterocycles. The molecule has 4 amide bonds. The molecule has 0 spiro atoms. The van der Waals surface area contributed by atoms with E-state index in [1.807, 2.05) is 0 Å². The van der Waals surface area contributed by atoms with Crippen molar-refractivity contribution >= 4 is 50.8 Å². The fourth-order valence-electron chi connectivity index (χ4n) is 2.48. The summed E-state index contributed by atoms with van der Waals surface area (Å²) in [6.07, 6.45) is -0.509. The summed E-state index contributed by atoms with van der Waals surface area (Å²) in [5, 5.41) is 5.46. The van der Waals surface area contributed by atoms with Crippen LogP contribution in [-0.4, -0.2) is 26.3 Å². The summed E-state index contributed by atoms with van der Waals surface area (Å²) < 4.78 is 22.6. The summed E-state index contributed by atoms with van der Waals surface area (Å²) in [6, 6.07) is 10.0. The van der Waals surface area contributed by atoms with Crippen molar-refractivity contribution in [2.45, 2.75) is 11.3 Å². The normalized spacial score (nSPS) is 15.5. The Bertz CT molecular complexity index is 1000. The van der Waals surface area contributed by atoms with Crippen LogP contribution in [0.1, 0.15) is 6.42 Å². The van der Waals surface area contributed by atoms with Gasteiger partial charge in [0, 0.05) is 5.02 Å². The van der Waals surface area contributed by atoms with Gasteiger partial charge in [-0.3, -0.25) is 9.59 Å². The maximum atomic E-state index is 12.7. The Morgan fingerprint density at radius 3 is 1.65 bits per heavy atom. The minimum absolute atomic E-state index is 0.124. The van der Waals surface area contributed by atoms with Crippen LogP contribution in [0.4, 0.5) is 16.2 Å². The Hall–Kier alpha value is -2.75. The van der Waals surface area contributed by atoms with Crippen LogP contribution in [-0.2, 0) is 19.6 Å².